The van der Waals surface area contributed by atoms with Gasteiger partial charge in [0.2, 0.25) is 0 Å². The van der Waals surface area contributed by atoms with Crippen molar-refractivity contribution in [1.82, 2.24) is 0 Å². The van der Waals surface area contributed by atoms with E-state index in [0.717, 1.165) is 129 Å². The van der Waals surface area contributed by atoms with Gasteiger partial charge in [-0.25, -0.2) is 0 Å². The van der Waals surface area contributed by atoms with Crippen LogP contribution >= 0.6 is 0 Å². The molecule has 10 aromatic carbocycles. The third-order valence-corrected chi connectivity index (χ3v) is 13.3. The SMILES string of the molecule is c1ccc(-c2cc3c4c(c2)Oc2cc5c(cc2B4c2cc4oc6cc(N(c7ccccc7)c7ccccc7)ccc6c4cc2O3)oc2cc(N(c3ccccc3)c3ccccc3)ccc25)cc1. The molecule has 4 heterocycles. The number of furan rings is 2. The largest absolute Gasteiger partial charge is 0.458 e. The first kappa shape index (κ1) is 37.4. The summed E-state index contributed by atoms with van der Waals surface area (Å²) in [7, 11) is 0. The average molecular weight is 861 g/mol. The lowest BCUT2D eigenvalue weighted by Gasteiger charge is -2.33. The zero-order chi connectivity index (χ0) is 44.0. The summed E-state index contributed by atoms with van der Waals surface area (Å²) in [5.74, 6) is 3.11. The molecule has 2 aromatic heterocycles. The van der Waals surface area contributed by atoms with E-state index in [1.54, 1.807) is 0 Å². The Hall–Kier alpha value is -8.94. The summed E-state index contributed by atoms with van der Waals surface area (Å²) in [5.41, 5.74) is 14.5. The minimum absolute atomic E-state index is 0.220. The second kappa shape index (κ2) is 14.8. The van der Waals surface area contributed by atoms with E-state index >= 15 is 0 Å². The molecule has 0 amide bonds. The van der Waals surface area contributed by atoms with Gasteiger partial charge in [-0.1, -0.05) is 103 Å². The molecule has 0 N–H and O–H groups in total. The minimum Gasteiger partial charge on any atom is -0.458 e. The number of anilines is 6. The molecule has 6 nitrogen and oxygen atoms in total. The molecular weight excluding hydrogens is 823 g/mol. The van der Waals surface area contributed by atoms with Crippen LogP contribution in [0.2, 0.25) is 0 Å². The number of hydrogen-bond acceptors (Lipinski definition) is 6. The van der Waals surface area contributed by atoms with Crippen LogP contribution in [0.15, 0.2) is 233 Å². The molecule has 0 fully saturated rings. The zero-order valence-electron chi connectivity index (χ0n) is 36.0. The summed E-state index contributed by atoms with van der Waals surface area (Å²) in [5, 5.41) is 4.02. The van der Waals surface area contributed by atoms with Crippen molar-refractivity contribution in [3.8, 4) is 34.1 Å². The lowest BCUT2D eigenvalue weighted by atomic mass is 9.34. The Bertz CT molecular complexity index is 3560. The summed E-state index contributed by atoms with van der Waals surface area (Å²) < 4.78 is 27.7. The molecular formula is C60H37BN2O4. The summed E-state index contributed by atoms with van der Waals surface area (Å²) in [6.07, 6.45) is 0. The standard InChI is InChI=1S/C60H37BN2O4/c1-6-16-38(17-7-1)39-30-58-60-59(31-39)67-57-35-49-47-29-27-45(63(42-22-12-4-13-23-42)43-24-14-5-15-25-43)33-53(47)65-55(49)37-51(57)61(60)50-36-54-48(34-56(50)66-58)46-28-26-44(32-52(46)64-54)62(40-18-8-2-9-19-40)41-20-10-3-11-21-41/h1-37H. The van der Waals surface area contributed by atoms with Crippen LogP contribution in [0.3, 0.4) is 0 Å². The highest BCUT2D eigenvalue weighted by atomic mass is 16.5. The molecule has 0 atom stereocenters. The molecule has 67 heavy (non-hydrogen) atoms. The van der Waals surface area contributed by atoms with Crippen molar-refractivity contribution < 1.29 is 18.3 Å². The predicted molar refractivity (Wildman–Crippen MR) is 273 cm³/mol. The first-order chi connectivity index (χ1) is 33.2. The number of benzene rings is 10. The van der Waals surface area contributed by atoms with Crippen molar-refractivity contribution in [3.05, 3.63) is 224 Å². The Labute approximate surface area is 386 Å². The third kappa shape index (κ3) is 6.05. The molecule has 0 spiro atoms. The van der Waals surface area contributed by atoms with Crippen molar-refractivity contribution in [2.24, 2.45) is 0 Å². The molecule has 0 radical (unpaired) electrons. The zero-order valence-corrected chi connectivity index (χ0v) is 36.0. The van der Waals surface area contributed by atoms with E-state index in [2.05, 4.69) is 204 Å². The Morgan fingerprint density at radius 1 is 0.284 bits per heavy atom. The fraction of sp³-hybridized carbons (Fsp3) is 0. The number of para-hydroxylation sites is 4. The topological polar surface area (TPSA) is 51.2 Å². The Balaban J connectivity index is 0.933. The molecule has 14 rings (SSSR count). The Kier molecular flexibility index (Phi) is 8.27. The van der Waals surface area contributed by atoms with Crippen LogP contribution in [0.25, 0.3) is 55.0 Å². The monoisotopic (exact) mass is 860 g/mol. The third-order valence-electron chi connectivity index (χ3n) is 13.3. The van der Waals surface area contributed by atoms with Gasteiger partial charge in [0.25, 0.3) is 6.71 Å². The second-order valence-corrected chi connectivity index (χ2v) is 17.2. The highest BCUT2D eigenvalue weighted by Crippen LogP contribution is 2.45. The van der Waals surface area contributed by atoms with E-state index in [4.69, 9.17) is 18.3 Å². The van der Waals surface area contributed by atoms with Crippen molar-refractivity contribution in [2.75, 3.05) is 9.80 Å². The maximum atomic E-state index is 6.99. The van der Waals surface area contributed by atoms with Crippen LogP contribution in [0, 0.1) is 0 Å². The molecule has 0 saturated carbocycles. The van der Waals surface area contributed by atoms with E-state index in [-0.39, 0.29) is 6.71 Å². The normalized spacial score (nSPS) is 12.4. The van der Waals surface area contributed by atoms with Gasteiger partial charge in [-0.05, 0) is 131 Å². The minimum atomic E-state index is -0.220. The maximum Gasteiger partial charge on any atom is 0.261 e. The number of rotatable bonds is 7. The smallest absolute Gasteiger partial charge is 0.261 e. The molecule has 2 aliphatic heterocycles. The van der Waals surface area contributed by atoms with Crippen molar-refractivity contribution in [1.29, 1.82) is 0 Å². The van der Waals surface area contributed by atoms with Gasteiger partial charge < -0.3 is 28.1 Å². The lowest BCUT2D eigenvalue weighted by Crippen LogP contribution is -2.57. The van der Waals surface area contributed by atoms with E-state index in [9.17, 15) is 0 Å². The molecule has 7 heteroatoms. The van der Waals surface area contributed by atoms with E-state index in [1.807, 2.05) is 30.3 Å². The van der Waals surface area contributed by atoms with Crippen molar-refractivity contribution >= 4 is 101 Å². The summed E-state index contributed by atoms with van der Waals surface area (Å²) in [6.45, 7) is -0.220. The Morgan fingerprint density at radius 3 is 1.06 bits per heavy atom. The van der Waals surface area contributed by atoms with Crippen LogP contribution in [0.1, 0.15) is 0 Å². The molecule has 0 unspecified atom stereocenters. The van der Waals surface area contributed by atoms with Crippen molar-refractivity contribution in [2.45, 2.75) is 0 Å². The van der Waals surface area contributed by atoms with E-state index < -0.39 is 0 Å². The summed E-state index contributed by atoms with van der Waals surface area (Å²) in [4.78, 5) is 4.51. The van der Waals surface area contributed by atoms with Crippen LogP contribution in [-0.4, -0.2) is 6.71 Å². The summed E-state index contributed by atoms with van der Waals surface area (Å²) in [6, 6.07) is 78.0. The lowest BCUT2D eigenvalue weighted by molar-refractivity contribution is 0.465. The van der Waals surface area contributed by atoms with E-state index in [0.29, 0.717) is 0 Å². The first-order valence-electron chi connectivity index (χ1n) is 22.6. The van der Waals surface area contributed by atoms with Crippen LogP contribution in [0.5, 0.6) is 23.0 Å². The highest BCUT2D eigenvalue weighted by molar-refractivity contribution is 6.98. The number of ether oxygens (including phenoxy) is 2. The van der Waals surface area contributed by atoms with Gasteiger partial charge in [0.15, 0.2) is 0 Å². The fourth-order valence-corrected chi connectivity index (χ4v) is 10.3. The fourth-order valence-electron chi connectivity index (χ4n) is 10.3. The van der Waals surface area contributed by atoms with Crippen LogP contribution in [0.4, 0.5) is 34.1 Å². The number of nitrogens with zero attached hydrogens (tertiary/aromatic N) is 2. The molecule has 314 valence electrons. The second-order valence-electron chi connectivity index (χ2n) is 17.2. The van der Waals surface area contributed by atoms with E-state index in [1.165, 1.54) is 0 Å². The van der Waals surface area contributed by atoms with Gasteiger partial charge in [-0.15, -0.1) is 0 Å². The molecule has 0 bridgehead atoms. The first-order valence-corrected chi connectivity index (χ1v) is 22.6. The molecule has 0 saturated heterocycles. The predicted octanol–water partition coefficient (Wildman–Crippen LogP) is 14.8. The average Bonchev–Trinajstić information content (AvgIpc) is 3.92. The maximum absolute atomic E-state index is 6.99. The van der Waals surface area contributed by atoms with Gasteiger partial charge in [0.1, 0.15) is 45.3 Å². The summed E-state index contributed by atoms with van der Waals surface area (Å²) >= 11 is 0. The van der Waals surface area contributed by atoms with Crippen LogP contribution in [-0.2, 0) is 0 Å². The van der Waals surface area contributed by atoms with Gasteiger partial charge in [-0.2, -0.15) is 0 Å². The molecule has 12 aromatic rings. The van der Waals surface area contributed by atoms with Crippen LogP contribution < -0.4 is 35.7 Å². The number of fused-ring (bicyclic) bond motifs is 10. The molecule has 0 aliphatic carbocycles. The number of hydrogen-bond donors (Lipinski definition) is 0. The van der Waals surface area contributed by atoms with Gasteiger partial charge in [-0.3, -0.25) is 0 Å². The Morgan fingerprint density at radius 2 is 0.657 bits per heavy atom. The van der Waals surface area contributed by atoms with Gasteiger partial charge in [0, 0.05) is 73.3 Å². The highest BCUT2D eigenvalue weighted by Gasteiger charge is 2.42. The molecule has 2 aliphatic rings. The van der Waals surface area contributed by atoms with Gasteiger partial charge in [0.05, 0.1) is 0 Å². The van der Waals surface area contributed by atoms with Gasteiger partial charge >= 0.3 is 0 Å². The quantitative estimate of drug-likeness (QED) is 0.149. The van der Waals surface area contributed by atoms with Crippen molar-refractivity contribution in [3.63, 3.8) is 0 Å².